The minimum absolute atomic E-state index is 0.0299. The summed E-state index contributed by atoms with van der Waals surface area (Å²) in [6.07, 6.45) is 1.92. The molecule has 92 valence electrons. The number of benzene rings is 1. The van der Waals surface area contributed by atoms with Crippen LogP contribution in [0.25, 0.3) is 0 Å². The molecule has 0 aliphatic heterocycles. The van der Waals surface area contributed by atoms with Gasteiger partial charge in [0.2, 0.25) is 0 Å². The van der Waals surface area contributed by atoms with Crippen LogP contribution in [0, 0.1) is 10.1 Å². The summed E-state index contributed by atoms with van der Waals surface area (Å²) in [6, 6.07) is 3.70. The number of hydrogen-bond acceptors (Lipinski definition) is 5. The molecule has 0 saturated heterocycles. The number of nitrogens with one attached hydrogen (secondary N) is 1. The Labute approximate surface area is 102 Å². The van der Waals surface area contributed by atoms with E-state index >= 15 is 0 Å². The summed E-state index contributed by atoms with van der Waals surface area (Å²) >= 11 is 1.60. The second kappa shape index (κ2) is 6.09. The lowest BCUT2D eigenvalue weighted by Gasteiger charge is -2.06. The van der Waals surface area contributed by atoms with Gasteiger partial charge in [-0.25, -0.2) is 4.79 Å². The summed E-state index contributed by atoms with van der Waals surface area (Å²) in [4.78, 5) is 21.0. The Morgan fingerprint density at radius 3 is 2.82 bits per heavy atom. The monoisotopic (exact) mass is 256 g/mol. The highest BCUT2D eigenvalue weighted by Crippen LogP contribution is 2.25. The van der Waals surface area contributed by atoms with Gasteiger partial charge in [-0.15, -0.1) is 0 Å². The first kappa shape index (κ1) is 13.3. The van der Waals surface area contributed by atoms with Gasteiger partial charge in [-0.05, 0) is 18.4 Å². The fourth-order valence-electron chi connectivity index (χ4n) is 1.26. The number of nitro benzene ring substituents is 1. The molecule has 0 radical (unpaired) electrons. The molecule has 1 aromatic carbocycles. The molecule has 7 heteroatoms. The first-order valence-corrected chi connectivity index (χ1v) is 6.20. The Bertz CT molecular complexity index is 436. The average molecular weight is 256 g/mol. The van der Waals surface area contributed by atoms with Crippen LogP contribution in [0.1, 0.15) is 10.4 Å². The first-order valence-electron chi connectivity index (χ1n) is 4.80. The molecule has 0 spiro atoms. The maximum Gasteiger partial charge on any atom is 0.335 e. The second-order valence-corrected chi connectivity index (χ2v) is 4.20. The molecule has 1 rings (SSSR count). The molecule has 0 fully saturated rings. The molecule has 0 unspecified atom stereocenters. The predicted molar refractivity (Wildman–Crippen MR) is 66.9 cm³/mol. The number of nitrogens with zero attached hydrogens (tertiary/aromatic N) is 1. The lowest BCUT2D eigenvalue weighted by molar-refractivity contribution is -0.384. The summed E-state index contributed by atoms with van der Waals surface area (Å²) in [5.41, 5.74) is 0.155. The number of thioether (sulfide) groups is 1. The summed E-state index contributed by atoms with van der Waals surface area (Å²) in [6.45, 7) is 0.547. The van der Waals surface area contributed by atoms with Crippen molar-refractivity contribution in [3.05, 3.63) is 33.9 Å². The lowest BCUT2D eigenvalue weighted by atomic mass is 10.1. The third-order valence-corrected chi connectivity index (χ3v) is 2.67. The van der Waals surface area contributed by atoms with Gasteiger partial charge in [0, 0.05) is 18.4 Å². The Balaban J connectivity index is 2.98. The molecule has 0 amide bonds. The predicted octanol–water partition coefficient (Wildman–Crippen LogP) is 2.07. The van der Waals surface area contributed by atoms with Crippen molar-refractivity contribution in [1.82, 2.24) is 0 Å². The molecular formula is C10H12N2O4S. The number of carboxylic acid groups (broad SMARTS) is 1. The zero-order valence-electron chi connectivity index (χ0n) is 9.17. The largest absolute Gasteiger partial charge is 0.478 e. The van der Waals surface area contributed by atoms with Gasteiger partial charge in [0.25, 0.3) is 5.69 Å². The quantitative estimate of drug-likeness (QED) is 0.460. The van der Waals surface area contributed by atoms with Gasteiger partial charge < -0.3 is 10.4 Å². The number of hydrogen-bond donors (Lipinski definition) is 2. The lowest BCUT2D eigenvalue weighted by Crippen LogP contribution is -2.07. The number of carbonyl (C=O) groups is 1. The Morgan fingerprint density at radius 2 is 2.29 bits per heavy atom. The van der Waals surface area contributed by atoms with Crippen LogP contribution in [-0.2, 0) is 0 Å². The third-order valence-electron chi connectivity index (χ3n) is 2.06. The molecule has 0 bridgehead atoms. The van der Waals surface area contributed by atoms with E-state index in [0.29, 0.717) is 6.54 Å². The topological polar surface area (TPSA) is 92.5 Å². The smallest absolute Gasteiger partial charge is 0.335 e. The molecule has 1 aromatic rings. The van der Waals surface area contributed by atoms with Gasteiger partial charge >= 0.3 is 5.97 Å². The van der Waals surface area contributed by atoms with Gasteiger partial charge in [0.05, 0.1) is 10.5 Å². The number of nitro groups is 1. The summed E-state index contributed by atoms with van der Waals surface area (Å²) in [5.74, 6) is -0.318. The summed E-state index contributed by atoms with van der Waals surface area (Å²) in [5, 5.41) is 22.4. The first-order chi connectivity index (χ1) is 8.06. The molecule has 0 aliphatic rings. The number of aromatic carboxylic acids is 1. The molecule has 6 nitrogen and oxygen atoms in total. The summed E-state index contributed by atoms with van der Waals surface area (Å²) < 4.78 is 0. The van der Waals surface area contributed by atoms with E-state index in [1.165, 1.54) is 18.2 Å². The van der Waals surface area contributed by atoms with Crippen LogP contribution in [-0.4, -0.2) is 34.6 Å². The van der Waals surface area contributed by atoms with Gasteiger partial charge in [-0.3, -0.25) is 10.1 Å². The van der Waals surface area contributed by atoms with Crippen molar-refractivity contribution < 1.29 is 14.8 Å². The van der Waals surface area contributed by atoms with E-state index in [1.807, 2.05) is 6.26 Å². The molecular weight excluding hydrogens is 244 g/mol. The van der Waals surface area contributed by atoms with Crippen molar-refractivity contribution in [3.8, 4) is 0 Å². The van der Waals surface area contributed by atoms with E-state index in [1.54, 1.807) is 11.8 Å². The number of rotatable bonds is 6. The van der Waals surface area contributed by atoms with E-state index in [2.05, 4.69) is 5.32 Å². The van der Waals surface area contributed by atoms with Gasteiger partial charge in [-0.2, -0.15) is 11.8 Å². The van der Waals surface area contributed by atoms with Crippen LogP contribution in [0.4, 0.5) is 11.4 Å². The van der Waals surface area contributed by atoms with Crippen molar-refractivity contribution in [1.29, 1.82) is 0 Å². The van der Waals surface area contributed by atoms with Crippen LogP contribution in [0.3, 0.4) is 0 Å². The van der Waals surface area contributed by atoms with E-state index in [9.17, 15) is 14.9 Å². The highest BCUT2D eigenvalue weighted by atomic mass is 32.2. The Kier molecular flexibility index (Phi) is 4.77. The van der Waals surface area contributed by atoms with Gasteiger partial charge in [0.15, 0.2) is 0 Å². The van der Waals surface area contributed by atoms with Crippen molar-refractivity contribution in [2.75, 3.05) is 23.9 Å². The van der Waals surface area contributed by atoms with E-state index < -0.39 is 10.9 Å². The van der Waals surface area contributed by atoms with Crippen molar-refractivity contribution in [2.24, 2.45) is 0 Å². The maximum atomic E-state index is 10.8. The molecule has 0 saturated carbocycles. The second-order valence-electron chi connectivity index (χ2n) is 3.21. The molecule has 0 atom stereocenters. The minimum Gasteiger partial charge on any atom is -0.478 e. The number of anilines is 1. The fraction of sp³-hybridized carbons (Fsp3) is 0.300. The van der Waals surface area contributed by atoms with Crippen molar-refractivity contribution >= 4 is 29.1 Å². The minimum atomic E-state index is -1.10. The van der Waals surface area contributed by atoms with Crippen molar-refractivity contribution in [2.45, 2.75) is 0 Å². The van der Waals surface area contributed by atoms with E-state index in [-0.39, 0.29) is 16.9 Å². The van der Waals surface area contributed by atoms with E-state index in [0.717, 1.165) is 5.75 Å². The zero-order chi connectivity index (χ0) is 12.8. The Morgan fingerprint density at radius 1 is 1.59 bits per heavy atom. The van der Waals surface area contributed by atoms with E-state index in [4.69, 9.17) is 5.11 Å². The standard InChI is InChI=1S/C10H12N2O4S/c1-17-5-4-11-8-6-7(10(13)14)2-3-9(8)12(15)16/h2-3,6,11H,4-5H2,1H3,(H,13,14). The van der Waals surface area contributed by atoms with Crippen LogP contribution < -0.4 is 5.32 Å². The van der Waals surface area contributed by atoms with Gasteiger partial charge in [0.1, 0.15) is 5.69 Å². The highest BCUT2D eigenvalue weighted by molar-refractivity contribution is 7.98. The number of carboxylic acids is 1. The molecule has 0 aromatic heterocycles. The SMILES string of the molecule is CSCCNc1cc(C(=O)O)ccc1[N+](=O)[O-]. The summed E-state index contributed by atoms with van der Waals surface area (Å²) in [7, 11) is 0. The Hall–Kier alpha value is -1.76. The maximum absolute atomic E-state index is 10.8. The molecule has 0 aliphatic carbocycles. The molecule has 0 heterocycles. The zero-order valence-corrected chi connectivity index (χ0v) is 9.99. The normalized spacial score (nSPS) is 9.94. The van der Waals surface area contributed by atoms with Crippen molar-refractivity contribution in [3.63, 3.8) is 0 Å². The fourth-order valence-corrected chi connectivity index (χ4v) is 1.56. The molecule has 2 N–H and O–H groups in total. The highest BCUT2D eigenvalue weighted by Gasteiger charge is 2.15. The van der Waals surface area contributed by atoms with Gasteiger partial charge in [-0.1, -0.05) is 0 Å². The van der Waals surface area contributed by atoms with Crippen LogP contribution in [0.2, 0.25) is 0 Å². The van der Waals surface area contributed by atoms with Crippen LogP contribution in [0.5, 0.6) is 0 Å². The molecule has 17 heavy (non-hydrogen) atoms. The van der Waals surface area contributed by atoms with Crippen LogP contribution >= 0.6 is 11.8 Å². The average Bonchev–Trinajstić information content (AvgIpc) is 2.28. The third kappa shape index (κ3) is 3.63. The van der Waals surface area contributed by atoms with Crippen LogP contribution in [0.15, 0.2) is 18.2 Å².